The highest BCUT2D eigenvalue weighted by molar-refractivity contribution is 5.93. The average molecular weight is 346 g/mol. The molecule has 1 saturated carbocycles. The highest BCUT2D eigenvalue weighted by atomic mass is 16.5. The lowest BCUT2D eigenvalue weighted by molar-refractivity contribution is -0.137. The molecule has 0 heterocycles. The van der Waals surface area contributed by atoms with Gasteiger partial charge in [-0.2, -0.15) is 0 Å². The van der Waals surface area contributed by atoms with Gasteiger partial charge in [-0.05, 0) is 54.1 Å². The molecule has 0 aromatic heterocycles. The lowest BCUT2D eigenvalue weighted by atomic mass is 9.69. The van der Waals surface area contributed by atoms with Crippen LogP contribution in [-0.2, 0) is 14.3 Å². The van der Waals surface area contributed by atoms with Crippen LogP contribution in [0.25, 0.3) is 0 Å². The first-order chi connectivity index (χ1) is 11.8. The maximum Gasteiger partial charge on any atom is 0.335 e. The van der Waals surface area contributed by atoms with Gasteiger partial charge in [0.2, 0.25) is 0 Å². The molecule has 0 aliphatic heterocycles. The molecule has 1 fully saturated rings. The number of hydrogen-bond acceptors (Lipinski definition) is 4. The molecular weight excluding hydrogens is 316 g/mol. The summed E-state index contributed by atoms with van der Waals surface area (Å²) >= 11 is 0. The Balaban J connectivity index is 2.43. The van der Waals surface area contributed by atoms with Gasteiger partial charge in [0.25, 0.3) is 0 Å². The van der Waals surface area contributed by atoms with Crippen LogP contribution in [0.2, 0.25) is 0 Å². The van der Waals surface area contributed by atoms with E-state index in [1.165, 1.54) is 7.11 Å². The quantitative estimate of drug-likeness (QED) is 0.435. The summed E-state index contributed by atoms with van der Waals surface area (Å²) in [5, 5.41) is 10.3. The minimum absolute atomic E-state index is 0.117. The third kappa shape index (κ3) is 3.50. The van der Waals surface area contributed by atoms with Gasteiger partial charge >= 0.3 is 5.97 Å². The zero-order valence-electron chi connectivity index (χ0n) is 15.7. The summed E-state index contributed by atoms with van der Waals surface area (Å²) in [4.78, 5) is 23.8. The molecule has 138 valence electrons. The maximum atomic E-state index is 12.5. The minimum atomic E-state index is -0.739. The average Bonchev–Trinajstić information content (AvgIpc) is 3.16. The molecule has 25 heavy (non-hydrogen) atoms. The summed E-state index contributed by atoms with van der Waals surface area (Å²) in [5.41, 5.74) is 1.38. The molecule has 0 aromatic carbocycles. The van der Waals surface area contributed by atoms with Gasteiger partial charge in [-0.3, -0.25) is 4.79 Å². The van der Waals surface area contributed by atoms with Crippen molar-refractivity contribution in [3.05, 3.63) is 35.5 Å². The van der Waals surface area contributed by atoms with Gasteiger partial charge in [-0.15, -0.1) is 0 Å². The predicted octanol–water partition coefficient (Wildman–Crippen LogP) is 3.47. The van der Waals surface area contributed by atoms with Crippen LogP contribution >= 0.6 is 0 Å². The van der Waals surface area contributed by atoms with Crippen LogP contribution in [0.4, 0.5) is 0 Å². The first-order valence-corrected chi connectivity index (χ1v) is 9.08. The number of aliphatic hydroxyl groups excluding tert-OH is 1. The van der Waals surface area contributed by atoms with Crippen LogP contribution in [0.1, 0.15) is 40.0 Å². The summed E-state index contributed by atoms with van der Waals surface area (Å²) in [6.45, 7) is 10.0. The van der Waals surface area contributed by atoms with Gasteiger partial charge in [0.05, 0.1) is 19.3 Å². The van der Waals surface area contributed by atoms with Crippen LogP contribution in [0.5, 0.6) is 0 Å². The fourth-order valence-electron chi connectivity index (χ4n) is 4.55. The van der Waals surface area contributed by atoms with Crippen molar-refractivity contribution < 1.29 is 19.4 Å². The lowest BCUT2D eigenvalue weighted by Crippen LogP contribution is -2.34. The largest absolute Gasteiger partial charge is 0.466 e. The SMILES string of the molecule is C=C(C=O)[C@@H]1CC[C@@H](C)[C@H]1C[C@]1(CO)C=CC(C(C)C)=C1C(=O)OC. The molecule has 2 aliphatic rings. The van der Waals surface area contributed by atoms with E-state index in [2.05, 4.69) is 13.5 Å². The predicted molar refractivity (Wildman–Crippen MR) is 97.7 cm³/mol. The van der Waals surface area contributed by atoms with Gasteiger partial charge in [0, 0.05) is 5.41 Å². The van der Waals surface area contributed by atoms with E-state index in [4.69, 9.17) is 4.74 Å². The third-order valence-electron chi connectivity index (χ3n) is 6.07. The fourth-order valence-corrected chi connectivity index (χ4v) is 4.55. The van der Waals surface area contributed by atoms with Gasteiger partial charge in [-0.1, -0.05) is 39.5 Å². The molecule has 0 spiro atoms. The van der Waals surface area contributed by atoms with E-state index in [1.54, 1.807) is 0 Å². The first-order valence-electron chi connectivity index (χ1n) is 9.08. The Morgan fingerprint density at radius 1 is 1.48 bits per heavy atom. The lowest BCUT2D eigenvalue weighted by Gasteiger charge is -2.35. The number of aldehydes is 1. The van der Waals surface area contributed by atoms with E-state index in [0.717, 1.165) is 24.7 Å². The highest BCUT2D eigenvalue weighted by Crippen LogP contribution is 2.51. The molecule has 0 saturated heterocycles. The van der Waals surface area contributed by atoms with E-state index in [-0.39, 0.29) is 30.3 Å². The Hall–Kier alpha value is -1.68. The van der Waals surface area contributed by atoms with Crippen molar-refractivity contribution in [2.24, 2.45) is 29.1 Å². The third-order valence-corrected chi connectivity index (χ3v) is 6.07. The molecule has 0 bridgehead atoms. The summed E-state index contributed by atoms with van der Waals surface area (Å²) in [6, 6.07) is 0. The van der Waals surface area contributed by atoms with Crippen molar-refractivity contribution in [3.8, 4) is 0 Å². The zero-order valence-corrected chi connectivity index (χ0v) is 15.7. The van der Waals surface area contributed by atoms with Gasteiger partial charge in [0.15, 0.2) is 0 Å². The van der Waals surface area contributed by atoms with Crippen molar-refractivity contribution in [1.82, 2.24) is 0 Å². The number of allylic oxidation sites excluding steroid dienone is 3. The molecule has 0 amide bonds. The maximum absolute atomic E-state index is 12.5. The van der Waals surface area contributed by atoms with E-state index >= 15 is 0 Å². The number of hydrogen-bond donors (Lipinski definition) is 1. The number of methoxy groups -OCH3 is 1. The second kappa shape index (κ2) is 7.69. The van der Waals surface area contributed by atoms with Crippen LogP contribution < -0.4 is 0 Å². The minimum Gasteiger partial charge on any atom is -0.466 e. The molecule has 4 nitrogen and oxygen atoms in total. The Kier molecular flexibility index (Phi) is 6.04. The number of aliphatic hydroxyl groups is 1. The topological polar surface area (TPSA) is 63.6 Å². The first kappa shape index (κ1) is 19.6. The molecule has 2 aliphatic carbocycles. The summed E-state index contributed by atoms with van der Waals surface area (Å²) in [7, 11) is 1.38. The Labute approximate surface area is 150 Å². The molecular formula is C21H30O4. The monoisotopic (exact) mass is 346 g/mol. The second-order valence-corrected chi connectivity index (χ2v) is 7.85. The van der Waals surface area contributed by atoms with Crippen molar-refractivity contribution in [3.63, 3.8) is 0 Å². The van der Waals surface area contributed by atoms with Gasteiger partial charge in [-0.25, -0.2) is 4.79 Å². The summed E-state index contributed by atoms with van der Waals surface area (Å²) in [5.74, 6) is 0.534. The Morgan fingerprint density at radius 3 is 2.68 bits per heavy atom. The van der Waals surface area contributed by atoms with Crippen molar-refractivity contribution in [2.75, 3.05) is 13.7 Å². The molecule has 0 aromatic rings. The molecule has 0 unspecified atom stereocenters. The summed E-state index contributed by atoms with van der Waals surface area (Å²) < 4.78 is 5.04. The second-order valence-electron chi connectivity index (χ2n) is 7.85. The van der Waals surface area contributed by atoms with E-state index in [0.29, 0.717) is 23.5 Å². The van der Waals surface area contributed by atoms with Crippen LogP contribution in [0.3, 0.4) is 0 Å². The van der Waals surface area contributed by atoms with E-state index in [9.17, 15) is 14.7 Å². The smallest absolute Gasteiger partial charge is 0.335 e. The Bertz CT molecular complexity index is 613. The van der Waals surface area contributed by atoms with E-state index in [1.807, 2.05) is 26.0 Å². The van der Waals surface area contributed by atoms with Crippen LogP contribution in [0.15, 0.2) is 35.5 Å². The van der Waals surface area contributed by atoms with Crippen molar-refractivity contribution in [1.29, 1.82) is 0 Å². The fraction of sp³-hybridized carbons (Fsp3) is 0.619. The molecule has 4 atom stereocenters. The van der Waals surface area contributed by atoms with Crippen LogP contribution in [0, 0.1) is 29.1 Å². The molecule has 4 heteroatoms. The van der Waals surface area contributed by atoms with Crippen molar-refractivity contribution >= 4 is 12.3 Å². The number of carbonyl (C=O) groups excluding carboxylic acids is 2. The highest BCUT2D eigenvalue weighted by Gasteiger charge is 2.47. The number of rotatable bonds is 7. The van der Waals surface area contributed by atoms with Crippen LogP contribution in [-0.4, -0.2) is 31.1 Å². The normalized spacial score (nSPS) is 31.7. The van der Waals surface area contributed by atoms with Crippen molar-refractivity contribution in [2.45, 2.75) is 40.0 Å². The zero-order chi connectivity index (χ0) is 18.8. The Morgan fingerprint density at radius 2 is 2.16 bits per heavy atom. The molecule has 2 rings (SSSR count). The number of carbonyl (C=O) groups is 2. The van der Waals surface area contributed by atoms with E-state index < -0.39 is 5.41 Å². The number of ether oxygens (including phenoxy) is 1. The summed E-state index contributed by atoms with van der Waals surface area (Å²) in [6.07, 6.45) is 7.35. The number of esters is 1. The molecule has 0 radical (unpaired) electrons. The standard InChI is InChI=1S/C21H30O4/c1-13(2)16-8-9-21(12-23,19(16)20(24)25-5)10-18-14(3)6-7-17(18)15(4)11-22/h8-9,11,13-14,17-18,23H,4,6-7,10,12H2,1-3,5H3/t14-,17+,18-,21+/m1/s1. The van der Waals surface area contributed by atoms with Gasteiger partial charge < -0.3 is 9.84 Å². The van der Waals surface area contributed by atoms with Gasteiger partial charge in [0.1, 0.15) is 6.29 Å². The molecule has 1 N–H and O–H groups in total.